The monoisotopic (exact) mass is 383 g/mol. The summed E-state index contributed by atoms with van der Waals surface area (Å²) in [6.45, 7) is 6.01. The first kappa shape index (κ1) is 18.8. The van der Waals surface area contributed by atoms with Crippen molar-refractivity contribution in [2.75, 3.05) is 5.32 Å². The summed E-state index contributed by atoms with van der Waals surface area (Å²) in [5.41, 5.74) is 2.42. The van der Waals surface area contributed by atoms with Gasteiger partial charge in [-0.25, -0.2) is 4.98 Å². The maximum absolute atomic E-state index is 12.4. The van der Waals surface area contributed by atoms with Gasteiger partial charge in [0.25, 0.3) is 5.91 Å². The lowest BCUT2D eigenvalue weighted by molar-refractivity contribution is -0.119. The SMILES string of the molecule is CC(=O)NCc1ccc(-c2csc(NC(=O)c3ccc(C(C)C)cc3)n2)o1. The molecule has 2 N–H and O–H groups in total. The van der Waals surface area contributed by atoms with Crippen molar-refractivity contribution in [1.82, 2.24) is 10.3 Å². The number of hydrogen-bond donors (Lipinski definition) is 2. The highest BCUT2D eigenvalue weighted by Crippen LogP contribution is 2.27. The minimum absolute atomic E-state index is 0.118. The van der Waals surface area contributed by atoms with E-state index in [1.54, 1.807) is 12.1 Å². The van der Waals surface area contributed by atoms with Crippen molar-refractivity contribution in [1.29, 1.82) is 0 Å². The number of amides is 2. The number of anilines is 1. The molecule has 7 heteroatoms. The molecule has 0 unspecified atom stereocenters. The average Bonchev–Trinajstić information content (AvgIpc) is 3.29. The van der Waals surface area contributed by atoms with Crippen LogP contribution in [0.4, 0.5) is 5.13 Å². The molecule has 0 atom stereocenters. The van der Waals surface area contributed by atoms with Crippen LogP contribution in [0.15, 0.2) is 46.2 Å². The zero-order valence-corrected chi connectivity index (χ0v) is 16.2. The molecule has 6 nitrogen and oxygen atoms in total. The van der Waals surface area contributed by atoms with Crippen LogP contribution in [0.5, 0.6) is 0 Å². The fraction of sp³-hybridized carbons (Fsp3) is 0.250. The summed E-state index contributed by atoms with van der Waals surface area (Å²) in [4.78, 5) is 27.8. The van der Waals surface area contributed by atoms with E-state index in [0.717, 1.165) is 0 Å². The van der Waals surface area contributed by atoms with Gasteiger partial charge >= 0.3 is 0 Å². The Hall–Kier alpha value is -2.93. The van der Waals surface area contributed by atoms with Crippen LogP contribution in [-0.4, -0.2) is 16.8 Å². The normalized spacial score (nSPS) is 10.8. The summed E-state index contributed by atoms with van der Waals surface area (Å²) in [5, 5.41) is 7.81. The Bertz CT molecular complexity index is 942. The lowest BCUT2D eigenvalue weighted by Gasteiger charge is -2.06. The van der Waals surface area contributed by atoms with E-state index in [1.807, 2.05) is 29.6 Å². The molecule has 3 rings (SSSR count). The molecule has 27 heavy (non-hydrogen) atoms. The van der Waals surface area contributed by atoms with Crippen LogP contribution < -0.4 is 10.6 Å². The molecule has 0 saturated heterocycles. The first-order valence-electron chi connectivity index (χ1n) is 8.62. The number of thiazole rings is 1. The summed E-state index contributed by atoms with van der Waals surface area (Å²) in [6, 6.07) is 11.2. The van der Waals surface area contributed by atoms with Gasteiger partial charge in [0.05, 0.1) is 6.54 Å². The highest BCUT2D eigenvalue weighted by Gasteiger charge is 2.13. The number of carbonyl (C=O) groups excluding carboxylic acids is 2. The molecule has 2 aromatic heterocycles. The zero-order valence-electron chi connectivity index (χ0n) is 15.4. The van der Waals surface area contributed by atoms with E-state index >= 15 is 0 Å². The summed E-state index contributed by atoms with van der Waals surface area (Å²) < 4.78 is 5.68. The van der Waals surface area contributed by atoms with Crippen LogP contribution in [0.25, 0.3) is 11.5 Å². The molecule has 0 bridgehead atoms. The molecule has 0 fully saturated rings. The Labute approximate surface area is 161 Å². The van der Waals surface area contributed by atoms with Gasteiger partial charge in [-0.1, -0.05) is 26.0 Å². The first-order valence-corrected chi connectivity index (χ1v) is 9.50. The number of nitrogens with zero attached hydrogens (tertiary/aromatic N) is 1. The molecule has 0 aliphatic carbocycles. The van der Waals surface area contributed by atoms with E-state index in [0.29, 0.717) is 40.4 Å². The van der Waals surface area contributed by atoms with Crippen molar-refractivity contribution in [3.8, 4) is 11.5 Å². The predicted octanol–water partition coefficient (Wildman–Crippen LogP) is 4.41. The summed E-state index contributed by atoms with van der Waals surface area (Å²) >= 11 is 1.33. The molecule has 3 aromatic rings. The van der Waals surface area contributed by atoms with Gasteiger partial charge in [-0.05, 0) is 35.7 Å². The minimum Gasteiger partial charge on any atom is -0.458 e. The van der Waals surface area contributed by atoms with Crippen LogP contribution >= 0.6 is 11.3 Å². The number of carbonyl (C=O) groups is 2. The van der Waals surface area contributed by atoms with E-state index in [4.69, 9.17) is 4.42 Å². The number of furan rings is 1. The Kier molecular flexibility index (Phi) is 5.71. The van der Waals surface area contributed by atoms with Gasteiger partial charge in [0.15, 0.2) is 10.9 Å². The largest absolute Gasteiger partial charge is 0.458 e. The maximum Gasteiger partial charge on any atom is 0.257 e. The van der Waals surface area contributed by atoms with Gasteiger partial charge < -0.3 is 9.73 Å². The van der Waals surface area contributed by atoms with Gasteiger partial charge in [0, 0.05) is 17.9 Å². The Morgan fingerprint density at radius 2 is 1.89 bits per heavy atom. The predicted molar refractivity (Wildman–Crippen MR) is 106 cm³/mol. The van der Waals surface area contributed by atoms with Crippen molar-refractivity contribution in [2.45, 2.75) is 33.2 Å². The van der Waals surface area contributed by atoms with Crippen LogP contribution in [0.1, 0.15) is 48.4 Å². The van der Waals surface area contributed by atoms with E-state index in [9.17, 15) is 9.59 Å². The second-order valence-corrected chi connectivity index (χ2v) is 7.30. The van der Waals surface area contributed by atoms with Crippen molar-refractivity contribution in [3.05, 3.63) is 58.7 Å². The zero-order chi connectivity index (χ0) is 19.4. The summed E-state index contributed by atoms with van der Waals surface area (Å²) in [7, 11) is 0. The third kappa shape index (κ3) is 4.83. The van der Waals surface area contributed by atoms with Crippen molar-refractivity contribution in [3.63, 3.8) is 0 Å². The van der Waals surface area contributed by atoms with Crippen LogP contribution in [0.2, 0.25) is 0 Å². The average molecular weight is 383 g/mol. The topological polar surface area (TPSA) is 84.2 Å². The van der Waals surface area contributed by atoms with Gasteiger partial charge in [0.2, 0.25) is 5.91 Å². The molecule has 0 spiro atoms. The van der Waals surface area contributed by atoms with Gasteiger partial charge in [0.1, 0.15) is 11.5 Å². The quantitative estimate of drug-likeness (QED) is 0.660. The highest BCUT2D eigenvalue weighted by molar-refractivity contribution is 7.14. The van der Waals surface area contributed by atoms with Crippen molar-refractivity contribution < 1.29 is 14.0 Å². The molecule has 2 amide bonds. The Balaban J connectivity index is 1.65. The van der Waals surface area contributed by atoms with Gasteiger partial charge in [-0.3, -0.25) is 14.9 Å². The third-order valence-corrected chi connectivity index (χ3v) is 4.75. The maximum atomic E-state index is 12.4. The molecule has 0 aliphatic rings. The van der Waals surface area contributed by atoms with Crippen LogP contribution in [0.3, 0.4) is 0 Å². The lowest BCUT2D eigenvalue weighted by Crippen LogP contribution is -2.18. The minimum atomic E-state index is -0.197. The van der Waals surface area contributed by atoms with Crippen molar-refractivity contribution in [2.24, 2.45) is 0 Å². The number of hydrogen-bond acceptors (Lipinski definition) is 5. The van der Waals surface area contributed by atoms with Crippen LogP contribution in [0, 0.1) is 0 Å². The van der Waals surface area contributed by atoms with Gasteiger partial charge in [-0.2, -0.15) is 0 Å². The number of nitrogens with one attached hydrogen (secondary N) is 2. The fourth-order valence-corrected chi connectivity index (χ4v) is 3.15. The smallest absolute Gasteiger partial charge is 0.257 e. The molecule has 0 aliphatic heterocycles. The standard InChI is InChI=1S/C20H21N3O3S/c1-12(2)14-4-6-15(7-5-14)19(25)23-20-22-17(11-27-20)18-9-8-16(26-18)10-21-13(3)24/h4-9,11-12H,10H2,1-3H3,(H,21,24)(H,22,23,25). The lowest BCUT2D eigenvalue weighted by atomic mass is 10.0. The Morgan fingerprint density at radius 1 is 1.15 bits per heavy atom. The summed E-state index contributed by atoms with van der Waals surface area (Å²) in [6.07, 6.45) is 0. The molecule has 0 radical (unpaired) electrons. The molecule has 140 valence electrons. The van der Waals surface area contributed by atoms with Crippen LogP contribution in [-0.2, 0) is 11.3 Å². The second kappa shape index (κ2) is 8.18. The summed E-state index contributed by atoms with van der Waals surface area (Å²) in [5.74, 6) is 1.34. The molecular weight excluding hydrogens is 362 g/mol. The number of aromatic nitrogens is 1. The Morgan fingerprint density at radius 3 is 2.56 bits per heavy atom. The van der Waals surface area contributed by atoms with E-state index in [-0.39, 0.29) is 11.8 Å². The second-order valence-electron chi connectivity index (χ2n) is 6.44. The van der Waals surface area contributed by atoms with E-state index in [2.05, 4.69) is 29.5 Å². The van der Waals surface area contributed by atoms with Gasteiger partial charge in [-0.15, -0.1) is 11.3 Å². The third-order valence-electron chi connectivity index (χ3n) is 3.99. The molecule has 0 saturated carbocycles. The molecular formula is C20H21N3O3S. The van der Waals surface area contributed by atoms with Crippen molar-refractivity contribution >= 4 is 28.3 Å². The number of benzene rings is 1. The van der Waals surface area contributed by atoms with E-state index in [1.165, 1.54) is 23.8 Å². The number of rotatable bonds is 6. The fourth-order valence-electron chi connectivity index (χ4n) is 2.46. The van der Waals surface area contributed by atoms with E-state index < -0.39 is 0 Å². The molecule has 1 aromatic carbocycles. The molecule has 2 heterocycles. The highest BCUT2D eigenvalue weighted by atomic mass is 32.1. The first-order chi connectivity index (χ1) is 12.9.